The molecule has 2 aliphatic carbocycles. The van der Waals surface area contributed by atoms with Crippen LogP contribution in [0.15, 0.2) is 24.3 Å². The van der Waals surface area contributed by atoms with E-state index in [1.54, 1.807) is 0 Å². The van der Waals surface area contributed by atoms with Crippen LogP contribution in [0.25, 0.3) is 0 Å². The lowest BCUT2D eigenvalue weighted by atomic mass is 9.85. The number of amides is 1. The fourth-order valence-electron chi connectivity index (χ4n) is 4.41. The number of fused-ring (bicyclic) bond motifs is 2. The summed E-state index contributed by atoms with van der Waals surface area (Å²) in [6, 6.07) is 8.08. The number of aliphatic hydroxyl groups excluding tert-OH is 1. The quantitative estimate of drug-likeness (QED) is 0.812. The van der Waals surface area contributed by atoms with Gasteiger partial charge in [0, 0.05) is 25.0 Å². The van der Waals surface area contributed by atoms with Crippen LogP contribution in [0.3, 0.4) is 0 Å². The first-order valence-corrected chi connectivity index (χ1v) is 8.83. The van der Waals surface area contributed by atoms with Gasteiger partial charge in [0.15, 0.2) is 0 Å². The zero-order valence-corrected chi connectivity index (χ0v) is 13.8. The molecule has 2 saturated carbocycles. The molecule has 1 aromatic carbocycles. The molecule has 1 amide bonds. The Bertz CT molecular complexity index is 545. The number of hydrogen-bond donors (Lipinski definition) is 2. The van der Waals surface area contributed by atoms with Gasteiger partial charge in [0.2, 0.25) is 5.91 Å². The number of carbonyl (C=O) groups excluding carboxylic acids is 1. The number of benzene rings is 1. The number of carbonyl (C=O) groups is 1. The molecule has 3 rings (SSSR count). The third-order valence-electron chi connectivity index (χ3n) is 5.52. The molecule has 4 nitrogen and oxygen atoms in total. The van der Waals surface area contributed by atoms with Crippen LogP contribution in [-0.4, -0.2) is 30.3 Å². The zero-order chi connectivity index (χ0) is 16.2. The smallest absolute Gasteiger partial charge is 0.220 e. The van der Waals surface area contributed by atoms with Crippen molar-refractivity contribution in [1.29, 1.82) is 0 Å². The minimum atomic E-state index is 0.0901. The summed E-state index contributed by atoms with van der Waals surface area (Å²) in [7, 11) is 0. The van der Waals surface area contributed by atoms with Gasteiger partial charge in [-0.25, -0.2) is 0 Å². The summed E-state index contributed by atoms with van der Waals surface area (Å²) in [4.78, 5) is 12.3. The molecule has 2 aliphatic rings. The maximum atomic E-state index is 12.3. The maximum Gasteiger partial charge on any atom is 0.220 e. The van der Waals surface area contributed by atoms with Gasteiger partial charge in [0.05, 0.1) is 6.61 Å². The fraction of sp³-hybridized carbons (Fsp3) is 0.632. The second-order valence-electron chi connectivity index (χ2n) is 6.81. The lowest BCUT2D eigenvalue weighted by Crippen LogP contribution is -2.45. The molecule has 0 aliphatic heterocycles. The summed E-state index contributed by atoms with van der Waals surface area (Å²) >= 11 is 0. The molecular weight excluding hydrogens is 290 g/mol. The van der Waals surface area contributed by atoms with E-state index in [0.29, 0.717) is 31.3 Å². The van der Waals surface area contributed by atoms with Gasteiger partial charge in [-0.1, -0.05) is 18.2 Å². The van der Waals surface area contributed by atoms with Gasteiger partial charge in [-0.2, -0.15) is 0 Å². The molecule has 0 saturated heterocycles. The highest BCUT2D eigenvalue weighted by molar-refractivity contribution is 5.76. The normalized spacial score (nSPS) is 28.8. The van der Waals surface area contributed by atoms with Crippen molar-refractivity contribution in [3.63, 3.8) is 0 Å². The Hall–Kier alpha value is -1.55. The molecule has 0 aromatic heterocycles. The molecule has 1 aromatic rings. The predicted molar refractivity (Wildman–Crippen MR) is 89.3 cm³/mol. The van der Waals surface area contributed by atoms with Crippen LogP contribution in [0.2, 0.25) is 0 Å². The average Bonchev–Trinajstić information content (AvgIpc) is 3.15. The summed E-state index contributed by atoms with van der Waals surface area (Å²) in [5.41, 5.74) is 1.08. The lowest BCUT2D eigenvalue weighted by Gasteiger charge is -2.30. The van der Waals surface area contributed by atoms with Crippen molar-refractivity contribution in [3.05, 3.63) is 29.8 Å². The van der Waals surface area contributed by atoms with Crippen LogP contribution < -0.4 is 10.1 Å². The van der Waals surface area contributed by atoms with Crippen LogP contribution in [0.5, 0.6) is 5.75 Å². The highest BCUT2D eigenvalue weighted by Crippen LogP contribution is 2.48. The van der Waals surface area contributed by atoms with Crippen molar-refractivity contribution in [2.24, 2.45) is 17.8 Å². The number of rotatable bonds is 7. The van der Waals surface area contributed by atoms with E-state index in [1.165, 1.54) is 19.3 Å². The Balaban J connectivity index is 1.54. The van der Waals surface area contributed by atoms with Gasteiger partial charge in [0.1, 0.15) is 5.75 Å². The Labute approximate surface area is 138 Å². The van der Waals surface area contributed by atoms with Crippen LogP contribution in [0.1, 0.15) is 38.2 Å². The van der Waals surface area contributed by atoms with Crippen LogP contribution in [0, 0.1) is 17.8 Å². The first-order chi connectivity index (χ1) is 11.2. The number of aryl methyl sites for hydroxylation is 1. The number of hydrogen-bond acceptors (Lipinski definition) is 3. The van der Waals surface area contributed by atoms with E-state index >= 15 is 0 Å². The van der Waals surface area contributed by atoms with Gasteiger partial charge in [-0.3, -0.25) is 4.79 Å². The number of nitrogens with one attached hydrogen (secondary N) is 1. The molecule has 2 N–H and O–H groups in total. The van der Waals surface area contributed by atoms with Crippen molar-refractivity contribution in [1.82, 2.24) is 5.32 Å². The van der Waals surface area contributed by atoms with E-state index in [-0.39, 0.29) is 24.5 Å². The topological polar surface area (TPSA) is 58.6 Å². The van der Waals surface area contributed by atoms with Gasteiger partial charge in [0.25, 0.3) is 0 Å². The van der Waals surface area contributed by atoms with Crippen molar-refractivity contribution in [3.8, 4) is 5.75 Å². The second-order valence-corrected chi connectivity index (χ2v) is 6.81. The first-order valence-electron chi connectivity index (χ1n) is 8.83. The van der Waals surface area contributed by atoms with Crippen molar-refractivity contribution >= 4 is 5.91 Å². The standard InChI is InChI=1S/C19H27NO3/c1-2-23-17-6-4-3-5-13(17)9-10-18(22)20-19-15-8-7-14(11-15)16(19)12-21/h3-6,14-16,19,21H,2,7-12H2,1H3,(H,20,22). The Kier molecular flexibility index (Phi) is 5.21. The highest BCUT2D eigenvalue weighted by Gasteiger charge is 2.47. The van der Waals surface area contributed by atoms with E-state index in [2.05, 4.69) is 5.32 Å². The van der Waals surface area contributed by atoms with E-state index in [1.807, 2.05) is 31.2 Å². The first kappa shape index (κ1) is 16.3. The molecule has 0 spiro atoms. The third-order valence-corrected chi connectivity index (χ3v) is 5.52. The molecule has 23 heavy (non-hydrogen) atoms. The Morgan fingerprint density at radius 3 is 2.87 bits per heavy atom. The van der Waals surface area contributed by atoms with Crippen molar-refractivity contribution in [2.75, 3.05) is 13.2 Å². The summed E-state index contributed by atoms with van der Waals surface area (Å²) in [6.07, 6.45) is 4.73. The Morgan fingerprint density at radius 1 is 1.30 bits per heavy atom. The summed E-state index contributed by atoms with van der Waals surface area (Å²) in [6.45, 7) is 2.79. The third kappa shape index (κ3) is 3.52. The van der Waals surface area contributed by atoms with Gasteiger partial charge in [-0.05, 0) is 56.1 Å². The van der Waals surface area contributed by atoms with Gasteiger partial charge < -0.3 is 15.2 Å². The summed E-state index contributed by atoms with van der Waals surface area (Å²) < 4.78 is 5.61. The van der Waals surface area contributed by atoms with E-state index < -0.39 is 0 Å². The molecule has 0 radical (unpaired) electrons. The monoisotopic (exact) mass is 317 g/mol. The van der Waals surface area contributed by atoms with Crippen LogP contribution in [0.4, 0.5) is 0 Å². The van der Waals surface area contributed by atoms with Crippen LogP contribution in [-0.2, 0) is 11.2 Å². The van der Waals surface area contributed by atoms with Gasteiger partial charge in [-0.15, -0.1) is 0 Å². The lowest BCUT2D eigenvalue weighted by molar-refractivity contribution is -0.122. The van der Waals surface area contributed by atoms with E-state index in [4.69, 9.17) is 4.74 Å². The number of aliphatic hydroxyl groups is 1. The van der Waals surface area contributed by atoms with E-state index in [9.17, 15) is 9.90 Å². The molecule has 0 heterocycles. The number of para-hydroxylation sites is 1. The molecule has 4 atom stereocenters. The number of ether oxygens (including phenoxy) is 1. The molecule has 2 fully saturated rings. The molecule has 2 bridgehead atoms. The highest BCUT2D eigenvalue weighted by atomic mass is 16.5. The largest absolute Gasteiger partial charge is 0.494 e. The van der Waals surface area contributed by atoms with Crippen LogP contribution >= 0.6 is 0 Å². The zero-order valence-electron chi connectivity index (χ0n) is 13.8. The van der Waals surface area contributed by atoms with Crippen molar-refractivity contribution in [2.45, 2.75) is 45.1 Å². The molecule has 4 heteroatoms. The SMILES string of the molecule is CCOc1ccccc1CCC(=O)NC1C2CCC(C2)C1CO. The maximum absolute atomic E-state index is 12.3. The average molecular weight is 317 g/mol. The van der Waals surface area contributed by atoms with Gasteiger partial charge >= 0.3 is 0 Å². The molecule has 4 unspecified atom stereocenters. The predicted octanol–water partition coefficient (Wildman–Crippen LogP) is 2.54. The minimum absolute atomic E-state index is 0.0901. The van der Waals surface area contributed by atoms with E-state index in [0.717, 1.165) is 11.3 Å². The Morgan fingerprint density at radius 2 is 2.09 bits per heavy atom. The summed E-state index contributed by atoms with van der Waals surface area (Å²) in [5, 5.41) is 12.8. The molecular formula is C19H27NO3. The van der Waals surface area contributed by atoms with Crippen molar-refractivity contribution < 1.29 is 14.6 Å². The molecule has 126 valence electrons. The summed E-state index contributed by atoms with van der Waals surface area (Å²) in [5.74, 6) is 2.39. The minimum Gasteiger partial charge on any atom is -0.494 e. The second kappa shape index (κ2) is 7.35. The fourth-order valence-corrected chi connectivity index (χ4v) is 4.41.